The summed E-state index contributed by atoms with van der Waals surface area (Å²) in [7, 11) is 3.09. The molecule has 20 heavy (non-hydrogen) atoms. The summed E-state index contributed by atoms with van der Waals surface area (Å²) in [5, 5.41) is 6.27. The summed E-state index contributed by atoms with van der Waals surface area (Å²) < 4.78 is 10.4. The molecule has 1 atom stereocenters. The molecule has 1 heterocycles. The maximum absolute atomic E-state index is 12.2. The third-order valence-electron chi connectivity index (χ3n) is 3.32. The third kappa shape index (κ3) is 3.77. The van der Waals surface area contributed by atoms with E-state index in [-0.39, 0.29) is 18.3 Å². The molecule has 1 aromatic carbocycles. The number of nitrogens with one attached hydrogen (secondary N) is 2. The van der Waals surface area contributed by atoms with Gasteiger partial charge < -0.3 is 20.1 Å². The Kier molecular flexibility index (Phi) is 6.61. The van der Waals surface area contributed by atoms with Gasteiger partial charge in [0.05, 0.1) is 19.8 Å². The Labute approximate surface area is 125 Å². The number of methoxy groups -OCH3 is 2. The molecule has 0 radical (unpaired) electrons. The molecule has 1 saturated heterocycles. The molecule has 0 spiro atoms. The molecule has 1 unspecified atom stereocenters. The van der Waals surface area contributed by atoms with Gasteiger partial charge in [-0.2, -0.15) is 0 Å². The number of rotatable bonds is 5. The first-order chi connectivity index (χ1) is 9.26. The van der Waals surface area contributed by atoms with Gasteiger partial charge in [0, 0.05) is 12.6 Å². The van der Waals surface area contributed by atoms with Crippen LogP contribution in [0.1, 0.15) is 23.2 Å². The number of carbonyl (C=O) groups excluding carboxylic acids is 1. The molecule has 2 N–H and O–H groups in total. The van der Waals surface area contributed by atoms with E-state index in [0.717, 1.165) is 13.0 Å². The highest BCUT2D eigenvalue weighted by Crippen LogP contribution is 2.30. The highest BCUT2D eigenvalue weighted by Gasteiger charge is 2.19. The van der Waals surface area contributed by atoms with Crippen molar-refractivity contribution >= 4 is 18.3 Å². The lowest BCUT2D eigenvalue weighted by atomic mass is 10.1. The number of hydrogen-bond acceptors (Lipinski definition) is 4. The lowest BCUT2D eigenvalue weighted by Gasteiger charge is -2.14. The molecule has 5 nitrogen and oxygen atoms in total. The first-order valence-electron chi connectivity index (χ1n) is 6.49. The minimum atomic E-state index is -0.135. The van der Waals surface area contributed by atoms with Gasteiger partial charge in [-0.1, -0.05) is 6.07 Å². The summed E-state index contributed by atoms with van der Waals surface area (Å²) >= 11 is 0. The fourth-order valence-electron chi connectivity index (χ4n) is 2.31. The number of carbonyl (C=O) groups is 1. The van der Waals surface area contributed by atoms with Crippen LogP contribution in [0.2, 0.25) is 0 Å². The molecule has 0 aliphatic carbocycles. The second-order valence-corrected chi connectivity index (χ2v) is 4.54. The quantitative estimate of drug-likeness (QED) is 0.867. The Bertz CT molecular complexity index is 448. The maximum atomic E-state index is 12.2. The fourth-order valence-corrected chi connectivity index (χ4v) is 2.31. The molecule has 1 aliphatic heterocycles. The Balaban J connectivity index is 0.00000200. The van der Waals surface area contributed by atoms with Crippen LogP contribution in [0.4, 0.5) is 0 Å². The van der Waals surface area contributed by atoms with E-state index in [1.807, 2.05) is 0 Å². The van der Waals surface area contributed by atoms with Crippen LogP contribution < -0.4 is 20.1 Å². The Morgan fingerprint density at radius 2 is 2.20 bits per heavy atom. The average molecular weight is 301 g/mol. The van der Waals surface area contributed by atoms with Crippen molar-refractivity contribution in [3.05, 3.63) is 23.8 Å². The van der Waals surface area contributed by atoms with Crippen LogP contribution in [0.5, 0.6) is 11.5 Å². The molecule has 1 fully saturated rings. The molecule has 1 amide bonds. The first-order valence-corrected chi connectivity index (χ1v) is 6.49. The molecule has 1 aromatic rings. The lowest BCUT2D eigenvalue weighted by molar-refractivity contribution is 0.0946. The number of hydrogen-bond donors (Lipinski definition) is 2. The van der Waals surface area contributed by atoms with Crippen molar-refractivity contribution in [3.8, 4) is 11.5 Å². The van der Waals surface area contributed by atoms with Gasteiger partial charge in [0.25, 0.3) is 5.91 Å². The van der Waals surface area contributed by atoms with Crippen molar-refractivity contribution in [2.45, 2.75) is 18.9 Å². The van der Waals surface area contributed by atoms with Gasteiger partial charge in [0.15, 0.2) is 11.5 Å². The monoisotopic (exact) mass is 300 g/mol. The van der Waals surface area contributed by atoms with E-state index in [0.29, 0.717) is 29.6 Å². The normalized spacial score (nSPS) is 17.2. The minimum Gasteiger partial charge on any atom is -0.493 e. The zero-order valence-electron chi connectivity index (χ0n) is 11.8. The van der Waals surface area contributed by atoms with Crippen LogP contribution >= 0.6 is 12.4 Å². The van der Waals surface area contributed by atoms with Gasteiger partial charge in [0.1, 0.15) is 0 Å². The largest absolute Gasteiger partial charge is 0.493 e. The van der Waals surface area contributed by atoms with E-state index in [2.05, 4.69) is 10.6 Å². The number of para-hydroxylation sites is 1. The van der Waals surface area contributed by atoms with Crippen molar-refractivity contribution in [2.24, 2.45) is 0 Å². The number of halogens is 1. The number of amides is 1. The van der Waals surface area contributed by atoms with Crippen molar-refractivity contribution in [1.82, 2.24) is 10.6 Å². The highest BCUT2D eigenvalue weighted by atomic mass is 35.5. The molecule has 0 bridgehead atoms. The minimum absolute atomic E-state index is 0. The van der Waals surface area contributed by atoms with E-state index >= 15 is 0 Å². The molecule has 2 rings (SSSR count). The maximum Gasteiger partial charge on any atom is 0.255 e. The standard InChI is InChI=1S/C14H20N2O3.ClH/c1-18-12-7-3-6-11(13(12)19-2)14(17)16-9-10-5-4-8-15-10;/h3,6-7,10,15H,4-5,8-9H2,1-2H3,(H,16,17);1H. The van der Waals surface area contributed by atoms with E-state index in [4.69, 9.17) is 9.47 Å². The summed E-state index contributed by atoms with van der Waals surface area (Å²) in [5.41, 5.74) is 0.500. The van der Waals surface area contributed by atoms with E-state index in [9.17, 15) is 4.79 Å². The van der Waals surface area contributed by atoms with Gasteiger partial charge in [-0.3, -0.25) is 4.79 Å². The van der Waals surface area contributed by atoms with Crippen molar-refractivity contribution < 1.29 is 14.3 Å². The predicted octanol–water partition coefficient (Wildman–Crippen LogP) is 1.61. The Hall–Kier alpha value is -1.46. The van der Waals surface area contributed by atoms with Gasteiger partial charge in [-0.25, -0.2) is 0 Å². The molecular formula is C14H21ClN2O3. The molecule has 1 aliphatic rings. The number of ether oxygens (including phenoxy) is 2. The fraction of sp³-hybridized carbons (Fsp3) is 0.500. The SMILES string of the molecule is COc1cccc(C(=O)NCC2CCCN2)c1OC.Cl. The second-order valence-electron chi connectivity index (χ2n) is 4.54. The van der Waals surface area contributed by atoms with Crippen molar-refractivity contribution in [3.63, 3.8) is 0 Å². The molecule has 0 aromatic heterocycles. The summed E-state index contributed by atoms with van der Waals surface area (Å²) in [5.74, 6) is 0.903. The lowest BCUT2D eigenvalue weighted by Crippen LogP contribution is -2.37. The van der Waals surface area contributed by atoms with Gasteiger partial charge >= 0.3 is 0 Å². The molecule has 112 valence electrons. The second kappa shape index (κ2) is 7.97. The first kappa shape index (κ1) is 16.6. The van der Waals surface area contributed by atoms with Crippen LogP contribution in [0.25, 0.3) is 0 Å². The van der Waals surface area contributed by atoms with Crippen LogP contribution in [-0.2, 0) is 0 Å². The van der Waals surface area contributed by atoms with Crippen LogP contribution in [0.3, 0.4) is 0 Å². The molecular weight excluding hydrogens is 280 g/mol. The van der Waals surface area contributed by atoms with Gasteiger partial charge in [-0.15, -0.1) is 12.4 Å². The Morgan fingerprint density at radius 3 is 2.80 bits per heavy atom. The van der Waals surface area contributed by atoms with E-state index < -0.39 is 0 Å². The topological polar surface area (TPSA) is 59.6 Å². The van der Waals surface area contributed by atoms with Gasteiger partial charge in [0.2, 0.25) is 0 Å². The average Bonchev–Trinajstić information content (AvgIpc) is 2.97. The Morgan fingerprint density at radius 1 is 1.40 bits per heavy atom. The van der Waals surface area contributed by atoms with Crippen molar-refractivity contribution in [2.75, 3.05) is 27.3 Å². The zero-order chi connectivity index (χ0) is 13.7. The van der Waals surface area contributed by atoms with Crippen LogP contribution in [-0.4, -0.2) is 39.3 Å². The summed E-state index contributed by atoms with van der Waals surface area (Å²) in [6, 6.07) is 5.66. The summed E-state index contributed by atoms with van der Waals surface area (Å²) in [6.45, 7) is 1.67. The molecule has 6 heteroatoms. The van der Waals surface area contributed by atoms with E-state index in [1.165, 1.54) is 13.5 Å². The van der Waals surface area contributed by atoms with E-state index in [1.54, 1.807) is 25.3 Å². The molecule has 0 saturated carbocycles. The van der Waals surface area contributed by atoms with Crippen LogP contribution in [0.15, 0.2) is 18.2 Å². The zero-order valence-corrected chi connectivity index (χ0v) is 12.6. The third-order valence-corrected chi connectivity index (χ3v) is 3.32. The van der Waals surface area contributed by atoms with Gasteiger partial charge in [-0.05, 0) is 31.5 Å². The summed E-state index contributed by atoms with van der Waals surface area (Å²) in [4.78, 5) is 12.2. The predicted molar refractivity (Wildman–Crippen MR) is 80.2 cm³/mol. The summed E-state index contributed by atoms with van der Waals surface area (Å²) in [6.07, 6.45) is 2.28. The number of benzene rings is 1. The smallest absolute Gasteiger partial charge is 0.255 e. The highest BCUT2D eigenvalue weighted by molar-refractivity contribution is 5.97. The van der Waals surface area contributed by atoms with Crippen LogP contribution in [0, 0.1) is 0 Å². The van der Waals surface area contributed by atoms with Crippen molar-refractivity contribution in [1.29, 1.82) is 0 Å².